The lowest BCUT2D eigenvalue weighted by Gasteiger charge is -2.32. The van der Waals surface area contributed by atoms with E-state index in [1.165, 1.54) is 6.07 Å². The van der Waals surface area contributed by atoms with Crippen molar-refractivity contribution >= 4 is 22.3 Å². The van der Waals surface area contributed by atoms with E-state index < -0.39 is 11.2 Å². The number of carbonyl (C=O) groups is 1. The van der Waals surface area contributed by atoms with Crippen molar-refractivity contribution in [3.63, 3.8) is 0 Å². The van der Waals surface area contributed by atoms with Crippen molar-refractivity contribution in [2.45, 2.75) is 19.4 Å². The summed E-state index contributed by atoms with van der Waals surface area (Å²) in [6.07, 6.45) is 0.734. The van der Waals surface area contributed by atoms with Gasteiger partial charge in [-0.25, -0.2) is 4.79 Å². The van der Waals surface area contributed by atoms with Gasteiger partial charge >= 0.3 is 5.63 Å². The lowest BCUT2D eigenvalue weighted by Crippen LogP contribution is -2.42. The number of aliphatic hydroxyl groups is 1. The van der Waals surface area contributed by atoms with Crippen molar-refractivity contribution in [1.82, 2.24) is 0 Å². The predicted octanol–water partition coefficient (Wildman–Crippen LogP) is 2.43. The normalized spacial score (nSPS) is 18.9. The van der Waals surface area contributed by atoms with Gasteiger partial charge in [0.1, 0.15) is 11.3 Å². The average molecular weight is 272 g/mol. The molecule has 0 aliphatic carbocycles. The molecule has 5 heteroatoms. The minimum atomic E-state index is -1.08. The summed E-state index contributed by atoms with van der Waals surface area (Å²) in [5, 5.41) is 10.1. The molecular weight excluding hydrogens is 260 g/mol. The van der Waals surface area contributed by atoms with Crippen LogP contribution in [0, 0.1) is 0 Å². The lowest BCUT2D eigenvalue weighted by molar-refractivity contribution is -0.126. The molecule has 1 aromatic carbocycles. The van der Waals surface area contributed by atoms with Gasteiger partial charge in [0.25, 0.3) is 0 Å². The summed E-state index contributed by atoms with van der Waals surface area (Å²) in [7, 11) is 0. The monoisotopic (exact) mass is 272 g/mol. The van der Waals surface area contributed by atoms with Crippen LogP contribution in [0.25, 0.3) is 16.5 Å². The van der Waals surface area contributed by atoms with Crippen LogP contribution in [0.1, 0.15) is 19.4 Å². The maximum atomic E-state index is 12.3. The third-order valence-corrected chi connectivity index (χ3v) is 3.31. The number of hydrogen-bond acceptors (Lipinski definition) is 5. The van der Waals surface area contributed by atoms with Crippen molar-refractivity contribution < 1.29 is 19.1 Å². The molecule has 1 aliphatic heterocycles. The molecule has 1 aliphatic rings. The fourth-order valence-electron chi connectivity index (χ4n) is 2.34. The number of aliphatic hydroxyl groups excluding tert-OH is 1. The molecule has 20 heavy (non-hydrogen) atoms. The van der Waals surface area contributed by atoms with E-state index in [1.807, 2.05) is 0 Å². The van der Waals surface area contributed by atoms with Gasteiger partial charge in [0.2, 0.25) is 5.78 Å². The third kappa shape index (κ3) is 1.63. The molecule has 0 amide bonds. The first kappa shape index (κ1) is 12.5. The van der Waals surface area contributed by atoms with Gasteiger partial charge in [-0.3, -0.25) is 4.79 Å². The highest BCUT2D eigenvalue weighted by molar-refractivity contribution is 6.28. The average Bonchev–Trinajstić information content (AvgIpc) is 2.40. The maximum Gasteiger partial charge on any atom is 0.336 e. The van der Waals surface area contributed by atoms with Crippen molar-refractivity contribution in [2.75, 3.05) is 0 Å². The fourth-order valence-corrected chi connectivity index (χ4v) is 2.34. The van der Waals surface area contributed by atoms with E-state index in [9.17, 15) is 14.7 Å². The van der Waals surface area contributed by atoms with Crippen LogP contribution < -0.4 is 10.4 Å². The Balaban J connectivity index is 2.43. The van der Waals surface area contributed by atoms with Crippen LogP contribution in [0.5, 0.6) is 5.75 Å². The predicted molar refractivity (Wildman–Crippen MR) is 72.8 cm³/mol. The first-order chi connectivity index (χ1) is 9.44. The Morgan fingerprint density at radius 2 is 1.85 bits per heavy atom. The highest BCUT2D eigenvalue weighted by Gasteiger charge is 2.40. The van der Waals surface area contributed by atoms with E-state index >= 15 is 0 Å². The van der Waals surface area contributed by atoms with Crippen LogP contribution in [0.2, 0.25) is 0 Å². The molecule has 2 aromatic rings. The molecule has 0 radical (unpaired) electrons. The minimum Gasteiger partial charge on any atom is -0.515 e. The summed E-state index contributed by atoms with van der Waals surface area (Å²) >= 11 is 0. The lowest BCUT2D eigenvalue weighted by atomic mass is 9.88. The van der Waals surface area contributed by atoms with E-state index in [2.05, 4.69) is 0 Å². The SMILES string of the molecule is CC1(C)Oc2ccc3ccc(=O)oc3c2/C(=C/O)C1=O. The van der Waals surface area contributed by atoms with Gasteiger partial charge in [0.15, 0.2) is 5.60 Å². The zero-order valence-corrected chi connectivity index (χ0v) is 11.0. The van der Waals surface area contributed by atoms with Gasteiger partial charge in [0.05, 0.1) is 17.4 Å². The molecule has 0 atom stereocenters. The van der Waals surface area contributed by atoms with Crippen molar-refractivity contribution in [2.24, 2.45) is 0 Å². The van der Waals surface area contributed by atoms with E-state index in [0.717, 1.165) is 6.26 Å². The minimum absolute atomic E-state index is 0.0798. The number of carbonyl (C=O) groups excluding carboxylic acids is 1. The van der Waals surface area contributed by atoms with Crippen LogP contribution in [0.15, 0.2) is 39.7 Å². The Bertz CT molecular complexity index is 811. The third-order valence-electron chi connectivity index (χ3n) is 3.31. The summed E-state index contributed by atoms with van der Waals surface area (Å²) in [5.41, 5.74) is -0.979. The molecule has 3 rings (SSSR count). The van der Waals surface area contributed by atoms with Crippen LogP contribution in [-0.4, -0.2) is 16.5 Å². The summed E-state index contributed by atoms with van der Waals surface area (Å²) in [6.45, 7) is 3.24. The Hall–Kier alpha value is -2.56. The first-order valence-electron chi connectivity index (χ1n) is 6.09. The molecular formula is C15H12O5. The second-order valence-corrected chi connectivity index (χ2v) is 5.10. The Kier molecular flexibility index (Phi) is 2.47. The zero-order chi connectivity index (χ0) is 14.5. The van der Waals surface area contributed by atoms with Crippen molar-refractivity contribution in [3.8, 4) is 5.75 Å². The van der Waals surface area contributed by atoms with Gasteiger partial charge in [-0.15, -0.1) is 0 Å². The van der Waals surface area contributed by atoms with E-state index in [-0.39, 0.29) is 16.9 Å². The second kappa shape index (κ2) is 3.96. The summed E-state index contributed by atoms with van der Waals surface area (Å²) in [6, 6.07) is 6.32. The molecule has 0 saturated heterocycles. The topological polar surface area (TPSA) is 76.7 Å². The molecule has 5 nitrogen and oxygen atoms in total. The molecule has 0 saturated carbocycles. The van der Waals surface area contributed by atoms with Crippen molar-refractivity contribution in [3.05, 3.63) is 46.5 Å². The molecule has 2 heterocycles. The summed E-state index contributed by atoms with van der Waals surface area (Å²) in [4.78, 5) is 23.7. The highest BCUT2D eigenvalue weighted by Crippen LogP contribution is 2.41. The maximum absolute atomic E-state index is 12.3. The van der Waals surface area contributed by atoms with Gasteiger partial charge < -0.3 is 14.3 Å². The molecule has 1 aromatic heterocycles. The highest BCUT2D eigenvalue weighted by atomic mass is 16.5. The molecule has 0 spiro atoms. The Labute approximate surface area is 114 Å². The number of hydrogen-bond donors (Lipinski definition) is 1. The van der Waals surface area contributed by atoms with Crippen LogP contribution in [0.3, 0.4) is 0 Å². The second-order valence-electron chi connectivity index (χ2n) is 5.10. The van der Waals surface area contributed by atoms with E-state index in [1.54, 1.807) is 32.0 Å². The molecule has 102 valence electrons. The fraction of sp³-hybridized carbons (Fsp3) is 0.200. The molecule has 0 fully saturated rings. The number of ketones is 1. The standard InChI is InChI=1S/C15H12O5/c1-15(2)14(18)9(7-16)12-10(20-15)5-3-8-4-6-11(17)19-13(8)12/h3-7,16H,1-2H3/b9-7-. The molecule has 0 unspecified atom stereocenters. The van der Waals surface area contributed by atoms with Gasteiger partial charge in [0, 0.05) is 11.5 Å². The zero-order valence-electron chi connectivity index (χ0n) is 11.0. The van der Waals surface area contributed by atoms with Crippen LogP contribution >= 0.6 is 0 Å². The smallest absolute Gasteiger partial charge is 0.336 e. The Morgan fingerprint density at radius 3 is 2.55 bits per heavy atom. The first-order valence-corrected chi connectivity index (χ1v) is 6.09. The van der Waals surface area contributed by atoms with Gasteiger partial charge in [-0.05, 0) is 32.0 Å². The largest absolute Gasteiger partial charge is 0.515 e. The molecule has 0 bridgehead atoms. The number of ether oxygens (including phenoxy) is 1. The van der Waals surface area contributed by atoms with E-state index in [0.29, 0.717) is 16.7 Å². The number of Topliss-reactive ketones (excluding diaryl/α,β-unsaturated/α-hetero) is 1. The molecule has 1 N–H and O–H groups in total. The summed E-state index contributed by atoms with van der Waals surface area (Å²) < 4.78 is 10.8. The van der Waals surface area contributed by atoms with Gasteiger partial charge in [-0.1, -0.05) is 0 Å². The Morgan fingerprint density at radius 1 is 1.15 bits per heavy atom. The van der Waals surface area contributed by atoms with Crippen LogP contribution in [0.4, 0.5) is 0 Å². The van der Waals surface area contributed by atoms with E-state index in [4.69, 9.17) is 9.15 Å². The quantitative estimate of drug-likeness (QED) is 0.453. The van der Waals surface area contributed by atoms with Gasteiger partial charge in [-0.2, -0.15) is 0 Å². The number of fused-ring (bicyclic) bond motifs is 3. The number of rotatable bonds is 0. The van der Waals surface area contributed by atoms with Crippen molar-refractivity contribution in [1.29, 1.82) is 0 Å². The number of benzene rings is 1. The van der Waals surface area contributed by atoms with Crippen LogP contribution in [-0.2, 0) is 4.79 Å². The summed E-state index contributed by atoms with van der Waals surface area (Å²) in [5.74, 6) is 0.0308.